The van der Waals surface area contributed by atoms with E-state index in [9.17, 15) is 0 Å². The molecule has 23 heavy (non-hydrogen) atoms. The zero-order valence-electron chi connectivity index (χ0n) is 13.3. The Morgan fingerprint density at radius 1 is 1.13 bits per heavy atom. The Morgan fingerprint density at radius 3 is 2.57 bits per heavy atom. The van der Waals surface area contributed by atoms with Gasteiger partial charge in [-0.3, -0.25) is 0 Å². The van der Waals surface area contributed by atoms with Gasteiger partial charge in [0.05, 0.1) is 10.7 Å². The highest BCUT2D eigenvalue weighted by Crippen LogP contribution is 2.27. The predicted octanol–water partition coefficient (Wildman–Crippen LogP) is 3.35. The van der Waals surface area contributed by atoms with Crippen molar-refractivity contribution < 1.29 is 0 Å². The Morgan fingerprint density at radius 2 is 1.87 bits per heavy atom. The van der Waals surface area contributed by atoms with E-state index >= 15 is 0 Å². The maximum absolute atomic E-state index is 6.23. The quantitative estimate of drug-likeness (QED) is 0.674. The summed E-state index contributed by atoms with van der Waals surface area (Å²) in [5, 5.41) is 4.74. The average molecular weight is 350 g/mol. The van der Waals surface area contributed by atoms with Crippen molar-refractivity contribution in [3.63, 3.8) is 0 Å². The molecule has 0 amide bonds. The van der Waals surface area contributed by atoms with Crippen LogP contribution in [0, 0.1) is 0 Å². The fourth-order valence-electron chi connectivity index (χ4n) is 2.47. The minimum atomic E-state index is 0.679. The molecule has 1 fully saturated rings. The molecule has 0 bridgehead atoms. The molecular weight excluding hydrogens is 330 g/mol. The fourth-order valence-corrected chi connectivity index (χ4v) is 3.02. The molecule has 1 N–H and O–H groups in total. The maximum atomic E-state index is 6.23. The Balaban J connectivity index is 1.86. The molecule has 0 atom stereocenters. The van der Waals surface area contributed by atoms with Crippen LogP contribution in [0.2, 0.25) is 5.02 Å². The van der Waals surface area contributed by atoms with Gasteiger partial charge < -0.3 is 15.1 Å². The molecule has 0 radical (unpaired) electrons. The van der Waals surface area contributed by atoms with Gasteiger partial charge in [0.1, 0.15) is 11.6 Å². The average Bonchev–Trinajstić information content (AvgIpc) is 2.57. The lowest BCUT2D eigenvalue weighted by atomic mass is 10.3. The van der Waals surface area contributed by atoms with E-state index in [0.717, 1.165) is 48.7 Å². The number of piperazine rings is 1. The molecule has 2 aromatic rings. The number of benzene rings is 1. The van der Waals surface area contributed by atoms with Crippen molar-refractivity contribution in [3.8, 4) is 0 Å². The first kappa shape index (κ1) is 16.4. The lowest BCUT2D eigenvalue weighted by Crippen LogP contribution is -2.44. The van der Waals surface area contributed by atoms with Crippen molar-refractivity contribution in [2.45, 2.75) is 5.16 Å². The van der Waals surface area contributed by atoms with Crippen LogP contribution in [0.3, 0.4) is 0 Å². The highest BCUT2D eigenvalue weighted by Gasteiger charge is 2.17. The van der Waals surface area contributed by atoms with Gasteiger partial charge in [0.25, 0.3) is 0 Å². The molecule has 7 heteroatoms. The third-order valence-electron chi connectivity index (χ3n) is 3.84. The lowest BCUT2D eigenvalue weighted by molar-refractivity contribution is 0.312. The number of nitrogens with one attached hydrogen (secondary N) is 1. The van der Waals surface area contributed by atoms with Gasteiger partial charge in [-0.1, -0.05) is 35.5 Å². The lowest BCUT2D eigenvalue weighted by Gasteiger charge is -2.33. The standard InChI is InChI=1S/C16H20ClN5S/c1-21-7-9-22(10-8-21)15-11-14(19-16(20-15)23-2)18-13-6-4-3-5-12(13)17/h3-6,11H,7-10H2,1-2H3,(H,18,19,20). The first-order chi connectivity index (χ1) is 11.2. The van der Waals surface area contributed by atoms with Crippen molar-refractivity contribution >= 4 is 40.7 Å². The van der Waals surface area contributed by atoms with Crippen LogP contribution in [-0.2, 0) is 0 Å². The second kappa shape index (κ2) is 7.38. The maximum Gasteiger partial charge on any atom is 0.191 e. The number of halogens is 1. The summed E-state index contributed by atoms with van der Waals surface area (Å²) in [5.74, 6) is 1.73. The van der Waals surface area contributed by atoms with Crippen LogP contribution in [0.15, 0.2) is 35.5 Å². The van der Waals surface area contributed by atoms with E-state index in [2.05, 4.69) is 32.1 Å². The van der Waals surface area contributed by atoms with Crippen molar-refractivity contribution in [1.29, 1.82) is 0 Å². The van der Waals surface area contributed by atoms with E-state index in [1.54, 1.807) is 11.8 Å². The molecule has 1 aromatic heterocycles. The molecule has 1 aliphatic rings. The minimum absolute atomic E-state index is 0.679. The predicted molar refractivity (Wildman–Crippen MR) is 98.3 cm³/mol. The van der Waals surface area contributed by atoms with Crippen molar-refractivity contribution in [2.24, 2.45) is 0 Å². The molecule has 0 unspecified atom stereocenters. The summed E-state index contributed by atoms with van der Waals surface area (Å²) < 4.78 is 0. The van der Waals surface area contributed by atoms with Gasteiger partial charge in [0.15, 0.2) is 5.16 Å². The topological polar surface area (TPSA) is 44.3 Å². The summed E-state index contributed by atoms with van der Waals surface area (Å²) in [6.07, 6.45) is 1.99. The van der Waals surface area contributed by atoms with Crippen molar-refractivity contribution in [3.05, 3.63) is 35.4 Å². The minimum Gasteiger partial charge on any atom is -0.354 e. The number of likely N-dealkylation sites (N-methyl/N-ethyl adjacent to an activating group) is 1. The monoisotopic (exact) mass is 349 g/mol. The van der Waals surface area contributed by atoms with Gasteiger partial charge in [-0.25, -0.2) is 9.97 Å². The van der Waals surface area contributed by atoms with Gasteiger partial charge >= 0.3 is 0 Å². The Kier molecular flexibility index (Phi) is 5.25. The number of para-hydroxylation sites is 1. The third-order valence-corrected chi connectivity index (χ3v) is 4.72. The molecule has 3 rings (SSSR count). The van der Waals surface area contributed by atoms with Crippen LogP contribution in [-0.4, -0.2) is 54.4 Å². The molecule has 0 spiro atoms. The number of thioether (sulfide) groups is 1. The summed E-state index contributed by atoms with van der Waals surface area (Å²) in [7, 11) is 2.15. The molecule has 1 aromatic carbocycles. The van der Waals surface area contributed by atoms with Crippen LogP contribution in [0.5, 0.6) is 0 Å². The van der Waals surface area contributed by atoms with E-state index in [1.165, 1.54) is 0 Å². The second-order valence-corrected chi connectivity index (χ2v) is 6.67. The number of hydrogen-bond acceptors (Lipinski definition) is 6. The number of aromatic nitrogens is 2. The molecule has 2 heterocycles. The second-order valence-electron chi connectivity index (χ2n) is 5.49. The van der Waals surface area contributed by atoms with Gasteiger partial charge in [0, 0.05) is 32.2 Å². The Bertz CT molecular complexity index is 673. The van der Waals surface area contributed by atoms with Crippen LogP contribution >= 0.6 is 23.4 Å². The van der Waals surface area contributed by atoms with Crippen LogP contribution in [0.1, 0.15) is 0 Å². The first-order valence-electron chi connectivity index (χ1n) is 7.54. The molecule has 1 aliphatic heterocycles. The fraction of sp³-hybridized carbons (Fsp3) is 0.375. The molecule has 122 valence electrons. The summed E-state index contributed by atoms with van der Waals surface area (Å²) in [4.78, 5) is 13.8. The van der Waals surface area contributed by atoms with Gasteiger partial charge in [-0.05, 0) is 25.4 Å². The summed E-state index contributed by atoms with van der Waals surface area (Å²) in [6.45, 7) is 4.05. The number of rotatable bonds is 4. The number of nitrogens with zero attached hydrogens (tertiary/aromatic N) is 4. The normalized spacial score (nSPS) is 15.7. The smallest absolute Gasteiger partial charge is 0.191 e. The highest BCUT2D eigenvalue weighted by atomic mass is 35.5. The zero-order chi connectivity index (χ0) is 16.2. The van der Waals surface area contributed by atoms with E-state index < -0.39 is 0 Å². The van der Waals surface area contributed by atoms with E-state index in [4.69, 9.17) is 11.6 Å². The van der Waals surface area contributed by atoms with Crippen molar-refractivity contribution in [2.75, 3.05) is 49.7 Å². The van der Waals surface area contributed by atoms with Gasteiger partial charge in [-0.2, -0.15) is 0 Å². The number of hydrogen-bond donors (Lipinski definition) is 1. The molecule has 0 aliphatic carbocycles. The van der Waals surface area contributed by atoms with Crippen LogP contribution in [0.25, 0.3) is 0 Å². The molecule has 1 saturated heterocycles. The third kappa shape index (κ3) is 4.07. The van der Waals surface area contributed by atoms with Crippen LogP contribution in [0.4, 0.5) is 17.3 Å². The Labute approximate surface area is 146 Å². The molecule has 0 saturated carbocycles. The van der Waals surface area contributed by atoms with E-state index in [1.807, 2.05) is 36.6 Å². The Hall–Kier alpha value is -1.50. The van der Waals surface area contributed by atoms with Crippen molar-refractivity contribution in [1.82, 2.24) is 14.9 Å². The van der Waals surface area contributed by atoms with Gasteiger partial charge in [-0.15, -0.1) is 0 Å². The first-order valence-corrected chi connectivity index (χ1v) is 9.14. The van der Waals surface area contributed by atoms with E-state index in [0.29, 0.717) is 5.02 Å². The van der Waals surface area contributed by atoms with E-state index in [-0.39, 0.29) is 0 Å². The molecule has 5 nitrogen and oxygen atoms in total. The van der Waals surface area contributed by atoms with Gasteiger partial charge in [0.2, 0.25) is 0 Å². The summed E-state index contributed by atoms with van der Waals surface area (Å²) in [6, 6.07) is 9.66. The van der Waals surface area contributed by atoms with Crippen LogP contribution < -0.4 is 10.2 Å². The zero-order valence-corrected chi connectivity index (χ0v) is 14.9. The SMILES string of the molecule is CSc1nc(Nc2ccccc2Cl)cc(N2CCN(C)CC2)n1. The largest absolute Gasteiger partial charge is 0.354 e. The molecular formula is C16H20ClN5S. The highest BCUT2D eigenvalue weighted by molar-refractivity contribution is 7.98. The summed E-state index contributed by atoms with van der Waals surface area (Å²) >= 11 is 7.77. The summed E-state index contributed by atoms with van der Waals surface area (Å²) in [5.41, 5.74) is 0.851. The number of anilines is 3.